The molecule has 114 valence electrons. The van der Waals surface area contributed by atoms with Crippen molar-refractivity contribution in [3.63, 3.8) is 0 Å². The van der Waals surface area contributed by atoms with Crippen molar-refractivity contribution in [1.82, 2.24) is 5.32 Å². The zero-order valence-electron chi connectivity index (χ0n) is 12.1. The van der Waals surface area contributed by atoms with Crippen LogP contribution in [0, 0.1) is 0 Å². The van der Waals surface area contributed by atoms with Gasteiger partial charge in [0.2, 0.25) is 0 Å². The number of nitrogens with one attached hydrogen (secondary N) is 1. The zero-order valence-corrected chi connectivity index (χ0v) is 13.7. The third-order valence-electron chi connectivity index (χ3n) is 2.68. The molecule has 1 rings (SSSR count). The van der Waals surface area contributed by atoms with Crippen LogP contribution < -0.4 is 10.2 Å². The van der Waals surface area contributed by atoms with Crippen molar-refractivity contribution in [2.75, 3.05) is 18.5 Å². The van der Waals surface area contributed by atoms with Crippen LogP contribution in [0.3, 0.4) is 0 Å². The second-order valence-corrected chi connectivity index (χ2v) is 6.76. The predicted molar refractivity (Wildman–Crippen MR) is 80.1 cm³/mol. The van der Waals surface area contributed by atoms with E-state index in [-0.39, 0.29) is 5.54 Å². The smallest absolute Gasteiger partial charge is 0.365 e. The molecule has 1 aromatic rings. The molecule has 0 saturated heterocycles. The average molecular weight is 353 g/mol. The number of alkyl halides is 3. The summed E-state index contributed by atoms with van der Waals surface area (Å²) in [7, 11) is 1.45. The molecule has 0 atom stereocenters. The Morgan fingerprint density at radius 2 is 1.80 bits per heavy atom. The Morgan fingerprint density at radius 3 is 2.30 bits per heavy atom. The summed E-state index contributed by atoms with van der Waals surface area (Å²) in [5, 5.41) is 3.29. The van der Waals surface area contributed by atoms with Gasteiger partial charge in [0, 0.05) is 29.3 Å². The van der Waals surface area contributed by atoms with E-state index in [9.17, 15) is 13.2 Å². The molecule has 0 aromatic heterocycles. The number of hydrogen-bond acceptors (Lipinski definition) is 2. The van der Waals surface area contributed by atoms with Gasteiger partial charge in [-0.3, -0.25) is 0 Å². The van der Waals surface area contributed by atoms with Crippen LogP contribution in [0.1, 0.15) is 26.3 Å². The second kappa shape index (κ2) is 6.35. The van der Waals surface area contributed by atoms with Crippen molar-refractivity contribution in [2.24, 2.45) is 0 Å². The van der Waals surface area contributed by atoms with Gasteiger partial charge in [0.1, 0.15) is 6.54 Å². The van der Waals surface area contributed by atoms with Crippen molar-refractivity contribution < 1.29 is 13.2 Å². The monoisotopic (exact) mass is 352 g/mol. The van der Waals surface area contributed by atoms with Gasteiger partial charge in [-0.2, -0.15) is 13.2 Å². The molecule has 0 spiro atoms. The Bertz CT molecular complexity index is 453. The van der Waals surface area contributed by atoms with Crippen LogP contribution in [0.4, 0.5) is 18.9 Å². The van der Waals surface area contributed by atoms with Gasteiger partial charge in [0.05, 0.1) is 0 Å². The minimum atomic E-state index is -4.22. The van der Waals surface area contributed by atoms with E-state index in [2.05, 4.69) is 21.2 Å². The lowest BCUT2D eigenvalue weighted by Crippen LogP contribution is -2.36. The molecule has 0 radical (unpaired) electrons. The molecular weight excluding hydrogens is 333 g/mol. The predicted octanol–water partition coefficient (Wildman–Crippen LogP) is 4.34. The van der Waals surface area contributed by atoms with Crippen molar-refractivity contribution in [3.05, 3.63) is 28.2 Å². The number of nitrogens with zero attached hydrogens (tertiary/aromatic N) is 1. The Labute approximate surface area is 126 Å². The lowest BCUT2D eigenvalue weighted by Gasteiger charge is -2.26. The number of benzene rings is 1. The lowest BCUT2D eigenvalue weighted by atomic mass is 10.1. The molecule has 0 fully saturated rings. The van der Waals surface area contributed by atoms with Crippen molar-refractivity contribution in [2.45, 2.75) is 39.0 Å². The topological polar surface area (TPSA) is 15.3 Å². The minimum Gasteiger partial charge on any atom is -0.365 e. The van der Waals surface area contributed by atoms with Crippen LogP contribution in [0.5, 0.6) is 0 Å². The van der Waals surface area contributed by atoms with Crippen LogP contribution in [-0.4, -0.2) is 25.3 Å². The van der Waals surface area contributed by atoms with Gasteiger partial charge in [-0.15, -0.1) is 0 Å². The van der Waals surface area contributed by atoms with E-state index in [0.29, 0.717) is 12.2 Å². The number of anilines is 1. The molecule has 0 aliphatic carbocycles. The largest absolute Gasteiger partial charge is 0.405 e. The molecule has 0 heterocycles. The average Bonchev–Trinajstić information content (AvgIpc) is 2.23. The maximum atomic E-state index is 12.5. The van der Waals surface area contributed by atoms with Gasteiger partial charge in [-0.25, -0.2) is 0 Å². The van der Waals surface area contributed by atoms with Crippen molar-refractivity contribution in [3.8, 4) is 0 Å². The zero-order chi connectivity index (χ0) is 15.6. The molecule has 0 bridgehead atoms. The first-order valence-corrected chi connectivity index (χ1v) is 7.08. The fourth-order valence-corrected chi connectivity index (χ4v) is 2.11. The first-order chi connectivity index (χ1) is 8.98. The molecule has 0 aliphatic rings. The Hall–Kier alpha value is -0.750. The van der Waals surface area contributed by atoms with E-state index in [1.165, 1.54) is 11.9 Å². The fourth-order valence-electron chi connectivity index (χ4n) is 1.76. The summed E-state index contributed by atoms with van der Waals surface area (Å²) >= 11 is 3.31. The van der Waals surface area contributed by atoms with Gasteiger partial charge in [0.25, 0.3) is 0 Å². The van der Waals surface area contributed by atoms with Crippen molar-refractivity contribution >= 4 is 21.6 Å². The third-order valence-corrected chi connectivity index (χ3v) is 3.18. The van der Waals surface area contributed by atoms with Crippen LogP contribution in [0.15, 0.2) is 22.7 Å². The molecule has 0 saturated carbocycles. The molecule has 0 aliphatic heterocycles. The van der Waals surface area contributed by atoms with Gasteiger partial charge < -0.3 is 10.2 Å². The third kappa shape index (κ3) is 6.13. The Balaban J connectivity index is 2.95. The summed E-state index contributed by atoms with van der Waals surface area (Å²) < 4.78 is 38.4. The van der Waals surface area contributed by atoms with E-state index < -0.39 is 12.7 Å². The molecule has 0 unspecified atom stereocenters. The van der Waals surface area contributed by atoms with Gasteiger partial charge >= 0.3 is 6.18 Å². The SMILES string of the molecule is CN(CC(F)(F)F)c1cc(Br)ccc1CNC(C)(C)C. The molecule has 0 amide bonds. The maximum Gasteiger partial charge on any atom is 0.405 e. The van der Waals surface area contributed by atoms with E-state index in [0.717, 1.165) is 10.0 Å². The fraction of sp³-hybridized carbons (Fsp3) is 0.571. The van der Waals surface area contributed by atoms with Crippen LogP contribution in [0.25, 0.3) is 0 Å². The summed E-state index contributed by atoms with van der Waals surface area (Å²) in [5.41, 5.74) is 1.33. The van der Waals surface area contributed by atoms with E-state index in [4.69, 9.17) is 0 Å². The molecule has 20 heavy (non-hydrogen) atoms. The standard InChI is InChI=1S/C14H20BrF3N2/c1-13(2,3)19-8-10-5-6-11(15)7-12(10)20(4)9-14(16,17)18/h5-7,19H,8-9H2,1-4H3. The molecule has 1 aromatic carbocycles. The highest BCUT2D eigenvalue weighted by Crippen LogP contribution is 2.27. The van der Waals surface area contributed by atoms with Crippen LogP contribution in [-0.2, 0) is 6.54 Å². The van der Waals surface area contributed by atoms with E-state index >= 15 is 0 Å². The number of halogens is 4. The number of rotatable bonds is 4. The van der Waals surface area contributed by atoms with Gasteiger partial charge in [0.15, 0.2) is 0 Å². The molecule has 1 N–H and O–H groups in total. The quantitative estimate of drug-likeness (QED) is 0.867. The van der Waals surface area contributed by atoms with Crippen LogP contribution >= 0.6 is 15.9 Å². The van der Waals surface area contributed by atoms with Crippen molar-refractivity contribution in [1.29, 1.82) is 0 Å². The molecule has 2 nitrogen and oxygen atoms in total. The molecule has 6 heteroatoms. The summed E-state index contributed by atoms with van der Waals surface area (Å²) in [6.07, 6.45) is -4.22. The highest BCUT2D eigenvalue weighted by atomic mass is 79.9. The van der Waals surface area contributed by atoms with Gasteiger partial charge in [-0.05, 0) is 38.5 Å². The highest BCUT2D eigenvalue weighted by Gasteiger charge is 2.30. The second-order valence-electron chi connectivity index (χ2n) is 5.85. The first-order valence-electron chi connectivity index (χ1n) is 6.29. The molecular formula is C14H20BrF3N2. The summed E-state index contributed by atoms with van der Waals surface area (Å²) in [6.45, 7) is 5.61. The summed E-state index contributed by atoms with van der Waals surface area (Å²) in [6, 6.07) is 5.39. The number of hydrogen-bond donors (Lipinski definition) is 1. The van der Waals surface area contributed by atoms with E-state index in [1.54, 1.807) is 6.07 Å². The van der Waals surface area contributed by atoms with Crippen LogP contribution in [0.2, 0.25) is 0 Å². The minimum absolute atomic E-state index is 0.0903. The Morgan fingerprint density at radius 1 is 1.20 bits per heavy atom. The maximum absolute atomic E-state index is 12.5. The normalized spacial score (nSPS) is 12.6. The summed E-state index contributed by atoms with van der Waals surface area (Å²) in [5.74, 6) is 0. The lowest BCUT2D eigenvalue weighted by molar-refractivity contribution is -0.119. The van der Waals surface area contributed by atoms with E-state index in [1.807, 2.05) is 32.9 Å². The first kappa shape index (κ1) is 17.3. The highest BCUT2D eigenvalue weighted by molar-refractivity contribution is 9.10. The van der Waals surface area contributed by atoms with Gasteiger partial charge in [-0.1, -0.05) is 22.0 Å². The summed E-state index contributed by atoms with van der Waals surface area (Å²) in [4.78, 5) is 1.23. The Kier molecular flexibility index (Phi) is 5.49.